The van der Waals surface area contributed by atoms with Gasteiger partial charge in [-0.25, -0.2) is 0 Å². The second-order valence-electron chi connectivity index (χ2n) is 3.67. The van der Waals surface area contributed by atoms with Crippen LogP contribution in [0.2, 0.25) is 0 Å². The maximum absolute atomic E-state index is 11.3. The molecule has 0 saturated heterocycles. The van der Waals surface area contributed by atoms with Crippen LogP contribution >= 0.6 is 15.9 Å². The number of carbonyl (C=O) groups is 2. The first-order chi connectivity index (χ1) is 6.69. The highest BCUT2D eigenvalue weighted by molar-refractivity contribution is 9.09. The first-order valence-electron chi connectivity index (χ1n) is 4.85. The fraction of sp³-hybridized carbons (Fsp3) is 0.800. The highest BCUT2D eigenvalue weighted by atomic mass is 79.9. The van der Waals surface area contributed by atoms with Crippen molar-refractivity contribution in [2.45, 2.75) is 25.7 Å². The highest BCUT2D eigenvalue weighted by Gasteiger charge is 2.29. The summed E-state index contributed by atoms with van der Waals surface area (Å²) in [6, 6.07) is 0. The number of esters is 1. The molecule has 0 N–H and O–H groups in total. The van der Waals surface area contributed by atoms with E-state index in [4.69, 9.17) is 0 Å². The Morgan fingerprint density at radius 1 is 1.21 bits per heavy atom. The molecule has 0 aromatic rings. The van der Waals surface area contributed by atoms with Crippen molar-refractivity contribution >= 4 is 27.7 Å². The van der Waals surface area contributed by atoms with Crippen LogP contribution in [0.4, 0.5) is 0 Å². The summed E-state index contributed by atoms with van der Waals surface area (Å²) in [5.41, 5.74) is 0. The van der Waals surface area contributed by atoms with Crippen molar-refractivity contribution in [1.82, 2.24) is 0 Å². The average molecular weight is 263 g/mol. The van der Waals surface area contributed by atoms with E-state index in [2.05, 4.69) is 20.7 Å². The highest BCUT2D eigenvalue weighted by Crippen LogP contribution is 2.30. The Bertz CT molecular complexity index is 195. The van der Waals surface area contributed by atoms with Crippen LogP contribution in [0.5, 0.6) is 0 Å². The molecule has 0 aliphatic heterocycles. The minimum Gasteiger partial charge on any atom is -0.469 e. The number of halogens is 1. The molecule has 1 aliphatic rings. The number of carbonyl (C=O) groups excluding carboxylic acids is 2. The zero-order chi connectivity index (χ0) is 10.6. The van der Waals surface area contributed by atoms with Gasteiger partial charge in [-0.1, -0.05) is 15.9 Å². The largest absolute Gasteiger partial charge is 0.469 e. The summed E-state index contributed by atoms with van der Waals surface area (Å²) >= 11 is 3.17. The molecule has 1 aliphatic carbocycles. The summed E-state index contributed by atoms with van der Waals surface area (Å²) in [4.78, 5) is 22.5. The molecule has 0 atom stereocenters. The van der Waals surface area contributed by atoms with Gasteiger partial charge in [-0.3, -0.25) is 9.59 Å². The van der Waals surface area contributed by atoms with Gasteiger partial charge in [-0.2, -0.15) is 0 Å². The second kappa shape index (κ2) is 5.49. The minimum absolute atomic E-state index is 0.0133. The van der Waals surface area contributed by atoms with Crippen LogP contribution in [-0.2, 0) is 14.3 Å². The van der Waals surface area contributed by atoms with Gasteiger partial charge >= 0.3 is 5.97 Å². The zero-order valence-corrected chi connectivity index (χ0v) is 9.88. The van der Waals surface area contributed by atoms with Gasteiger partial charge in [-0.15, -0.1) is 0 Å². The summed E-state index contributed by atoms with van der Waals surface area (Å²) in [5.74, 6) is 0.290. The van der Waals surface area contributed by atoms with Crippen LogP contribution in [-0.4, -0.2) is 24.2 Å². The van der Waals surface area contributed by atoms with Crippen molar-refractivity contribution in [3.63, 3.8) is 0 Å². The predicted octanol–water partition coefficient (Wildman–Crippen LogP) is 1.93. The van der Waals surface area contributed by atoms with E-state index in [1.54, 1.807) is 0 Å². The summed E-state index contributed by atoms with van der Waals surface area (Å²) in [7, 11) is 1.41. The quantitative estimate of drug-likeness (QED) is 0.577. The smallest absolute Gasteiger partial charge is 0.308 e. The minimum atomic E-state index is -0.130. The summed E-state index contributed by atoms with van der Waals surface area (Å²) in [6.07, 6.45) is 3.22. The van der Waals surface area contributed by atoms with E-state index < -0.39 is 0 Å². The van der Waals surface area contributed by atoms with Crippen LogP contribution in [0.15, 0.2) is 0 Å². The number of methoxy groups -OCH3 is 1. The van der Waals surface area contributed by atoms with Crippen LogP contribution in [0.25, 0.3) is 0 Å². The fourth-order valence-corrected chi connectivity index (χ4v) is 2.38. The maximum Gasteiger partial charge on any atom is 0.308 e. The van der Waals surface area contributed by atoms with E-state index in [1.165, 1.54) is 7.11 Å². The molecule has 0 heterocycles. The lowest BCUT2D eigenvalue weighted by molar-refractivity contribution is -0.147. The van der Waals surface area contributed by atoms with Crippen LogP contribution in [0, 0.1) is 11.8 Å². The normalized spacial score (nSPS) is 27.0. The molecule has 0 spiro atoms. The molecule has 0 amide bonds. The molecule has 1 rings (SSSR count). The molecule has 1 fully saturated rings. The standard InChI is InChI=1S/C10H15BrO3/c1-14-10(13)8-4-2-7(3-5-8)9(12)6-11/h7-8H,2-6H2,1H3. The Balaban J connectivity index is 2.38. The summed E-state index contributed by atoms with van der Waals surface area (Å²) < 4.78 is 4.68. The SMILES string of the molecule is COC(=O)C1CCC(C(=O)CBr)CC1. The van der Waals surface area contributed by atoms with Crippen molar-refractivity contribution in [1.29, 1.82) is 0 Å². The molecule has 4 heteroatoms. The predicted molar refractivity (Wildman–Crippen MR) is 56.3 cm³/mol. The van der Waals surface area contributed by atoms with E-state index in [0.29, 0.717) is 5.33 Å². The molecule has 0 aromatic carbocycles. The topological polar surface area (TPSA) is 43.4 Å². The number of Topliss-reactive ketones (excluding diaryl/α,β-unsaturated/α-hetero) is 1. The average Bonchev–Trinajstić information content (AvgIpc) is 2.27. The monoisotopic (exact) mass is 262 g/mol. The van der Waals surface area contributed by atoms with Gasteiger partial charge in [0, 0.05) is 5.92 Å². The molecule has 80 valence electrons. The molecule has 3 nitrogen and oxygen atoms in total. The summed E-state index contributed by atoms with van der Waals surface area (Å²) in [5, 5.41) is 0.431. The van der Waals surface area contributed by atoms with Crippen LogP contribution < -0.4 is 0 Å². The molecule has 0 unspecified atom stereocenters. The van der Waals surface area contributed by atoms with E-state index in [9.17, 15) is 9.59 Å². The maximum atomic E-state index is 11.3. The third kappa shape index (κ3) is 2.80. The van der Waals surface area contributed by atoms with Gasteiger partial charge in [0.1, 0.15) is 5.78 Å². The van der Waals surface area contributed by atoms with Crippen LogP contribution in [0.1, 0.15) is 25.7 Å². The molecule has 14 heavy (non-hydrogen) atoms. The molecule has 0 aromatic heterocycles. The van der Waals surface area contributed by atoms with Crippen LogP contribution in [0.3, 0.4) is 0 Å². The van der Waals surface area contributed by atoms with E-state index in [-0.39, 0.29) is 23.6 Å². The number of hydrogen-bond donors (Lipinski definition) is 0. The third-order valence-corrected chi connectivity index (χ3v) is 3.40. The van der Waals surface area contributed by atoms with E-state index in [0.717, 1.165) is 25.7 Å². The number of rotatable bonds is 3. The Morgan fingerprint density at radius 3 is 2.14 bits per heavy atom. The van der Waals surface area contributed by atoms with Crippen molar-refractivity contribution in [3.8, 4) is 0 Å². The van der Waals surface area contributed by atoms with Crippen molar-refractivity contribution in [3.05, 3.63) is 0 Å². The van der Waals surface area contributed by atoms with Crippen molar-refractivity contribution in [2.75, 3.05) is 12.4 Å². The van der Waals surface area contributed by atoms with Gasteiger partial charge in [-0.05, 0) is 25.7 Å². The number of ether oxygens (including phenoxy) is 1. The molecule has 0 radical (unpaired) electrons. The Morgan fingerprint density at radius 2 is 1.71 bits per heavy atom. The fourth-order valence-electron chi connectivity index (χ4n) is 1.93. The Kier molecular flexibility index (Phi) is 4.58. The number of hydrogen-bond acceptors (Lipinski definition) is 3. The van der Waals surface area contributed by atoms with Gasteiger partial charge in [0.25, 0.3) is 0 Å². The van der Waals surface area contributed by atoms with Crippen molar-refractivity contribution < 1.29 is 14.3 Å². The van der Waals surface area contributed by atoms with Gasteiger partial charge in [0.2, 0.25) is 0 Å². The lowest BCUT2D eigenvalue weighted by atomic mass is 9.80. The van der Waals surface area contributed by atoms with E-state index in [1.807, 2.05) is 0 Å². The third-order valence-electron chi connectivity index (χ3n) is 2.85. The molecule has 0 bridgehead atoms. The van der Waals surface area contributed by atoms with E-state index >= 15 is 0 Å². The van der Waals surface area contributed by atoms with Gasteiger partial charge < -0.3 is 4.74 Å². The first-order valence-corrected chi connectivity index (χ1v) is 5.97. The van der Waals surface area contributed by atoms with Gasteiger partial charge in [0.05, 0.1) is 18.4 Å². The first kappa shape index (κ1) is 11.7. The molecular weight excluding hydrogens is 248 g/mol. The lowest BCUT2D eigenvalue weighted by Crippen LogP contribution is -2.27. The number of ketones is 1. The molecule has 1 saturated carbocycles. The summed E-state index contributed by atoms with van der Waals surface area (Å²) in [6.45, 7) is 0. The van der Waals surface area contributed by atoms with Crippen molar-refractivity contribution in [2.24, 2.45) is 11.8 Å². The Labute approximate surface area is 92.3 Å². The lowest BCUT2D eigenvalue weighted by Gasteiger charge is -2.25. The zero-order valence-electron chi connectivity index (χ0n) is 8.29. The molecular formula is C10H15BrO3. The Hall–Kier alpha value is -0.380. The second-order valence-corrected chi connectivity index (χ2v) is 4.23. The number of alkyl halides is 1. The van der Waals surface area contributed by atoms with Gasteiger partial charge in [0.15, 0.2) is 0 Å².